The smallest absolute Gasteiger partial charge is 0.234 e. The maximum absolute atomic E-state index is 12.2. The van der Waals surface area contributed by atoms with Gasteiger partial charge in [-0.1, -0.05) is 30.3 Å². The summed E-state index contributed by atoms with van der Waals surface area (Å²) in [5.41, 5.74) is 0.873. The fourth-order valence-electron chi connectivity index (χ4n) is 2.58. The molecule has 1 heterocycles. The molecule has 0 bridgehead atoms. The molecule has 2 rings (SSSR count). The topological polar surface area (TPSA) is 58.6 Å². The number of hydrogen-bond acceptors (Lipinski definition) is 4. The monoisotopic (exact) mass is 324 g/mol. The van der Waals surface area contributed by atoms with Crippen LogP contribution in [0.25, 0.3) is 6.08 Å². The average molecular weight is 324 g/mol. The summed E-state index contributed by atoms with van der Waals surface area (Å²) in [6, 6.07) is 9.39. The van der Waals surface area contributed by atoms with Crippen LogP contribution in [0, 0.1) is 0 Å². The Kier molecular flexibility index (Phi) is 6.57. The molecule has 0 aromatic heterocycles. The number of sulfonamides is 1. The third kappa shape index (κ3) is 5.88. The van der Waals surface area contributed by atoms with Crippen molar-refractivity contribution in [1.82, 2.24) is 9.62 Å². The standard InChI is InChI=1S/C16H24N2O3S/c1-21-12-11-18-10-5-8-16(14-18)17-22(19,20)13-9-15-6-3-2-4-7-15/h2-4,6-7,9,13,16-17H,5,8,10-12,14H2,1H3. The van der Waals surface area contributed by atoms with Crippen LogP contribution in [0.3, 0.4) is 0 Å². The zero-order valence-corrected chi connectivity index (χ0v) is 13.8. The Morgan fingerprint density at radius 3 is 2.86 bits per heavy atom. The van der Waals surface area contributed by atoms with Crippen molar-refractivity contribution in [2.24, 2.45) is 0 Å². The molecule has 22 heavy (non-hydrogen) atoms. The molecule has 1 aliphatic rings. The van der Waals surface area contributed by atoms with Crippen LogP contribution < -0.4 is 4.72 Å². The molecule has 0 radical (unpaired) electrons. The van der Waals surface area contributed by atoms with Crippen LogP contribution in [0.2, 0.25) is 0 Å². The number of nitrogens with zero attached hydrogens (tertiary/aromatic N) is 1. The van der Waals surface area contributed by atoms with Gasteiger partial charge in [0.05, 0.1) is 6.61 Å². The fraction of sp³-hybridized carbons (Fsp3) is 0.500. The summed E-state index contributed by atoms with van der Waals surface area (Å²) in [5.74, 6) is 0. The summed E-state index contributed by atoms with van der Waals surface area (Å²) in [6.45, 7) is 3.26. The Hall–Kier alpha value is -1.21. The van der Waals surface area contributed by atoms with Gasteiger partial charge in [-0.3, -0.25) is 4.90 Å². The molecule has 0 saturated carbocycles. The second kappa shape index (κ2) is 8.43. The SMILES string of the molecule is COCCN1CCCC(NS(=O)(=O)C=Cc2ccccc2)C1. The van der Waals surface area contributed by atoms with E-state index in [2.05, 4.69) is 9.62 Å². The third-order valence-corrected chi connectivity index (χ3v) is 4.84. The van der Waals surface area contributed by atoms with Crippen LogP contribution in [-0.4, -0.2) is 52.7 Å². The van der Waals surface area contributed by atoms with Crippen molar-refractivity contribution in [3.63, 3.8) is 0 Å². The zero-order chi connectivity index (χ0) is 15.8. The van der Waals surface area contributed by atoms with E-state index in [0.717, 1.165) is 38.0 Å². The second-order valence-electron chi connectivity index (χ2n) is 5.51. The minimum Gasteiger partial charge on any atom is -0.383 e. The van der Waals surface area contributed by atoms with E-state index < -0.39 is 10.0 Å². The minimum atomic E-state index is -3.41. The van der Waals surface area contributed by atoms with Gasteiger partial charge in [0.25, 0.3) is 0 Å². The lowest BCUT2D eigenvalue weighted by atomic mass is 10.1. The van der Waals surface area contributed by atoms with E-state index in [1.54, 1.807) is 13.2 Å². The minimum absolute atomic E-state index is 0.0315. The van der Waals surface area contributed by atoms with Gasteiger partial charge in [-0.25, -0.2) is 13.1 Å². The van der Waals surface area contributed by atoms with Gasteiger partial charge in [-0.15, -0.1) is 0 Å². The second-order valence-corrected chi connectivity index (χ2v) is 7.11. The van der Waals surface area contributed by atoms with Gasteiger partial charge in [0.15, 0.2) is 0 Å². The lowest BCUT2D eigenvalue weighted by Crippen LogP contribution is -2.47. The van der Waals surface area contributed by atoms with Crippen molar-refractivity contribution in [2.45, 2.75) is 18.9 Å². The lowest BCUT2D eigenvalue weighted by Gasteiger charge is -2.32. The van der Waals surface area contributed by atoms with E-state index >= 15 is 0 Å². The van der Waals surface area contributed by atoms with Crippen molar-refractivity contribution in [3.05, 3.63) is 41.3 Å². The first-order valence-electron chi connectivity index (χ1n) is 7.56. The maximum atomic E-state index is 12.2. The van der Waals surface area contributed by atoms with Crippen molar-refractivity contribution >= 4 is 16.1 Å². The van der Waals surface area contributed by atoms with E-state index in [-0.39, 0.29) is 6.04 Å². The first-order chi connectivity index (χ1) is 10.6. The molecule has 122 valence electrons. The van der Waals surface area contributed by atoms with Gasteiger partial charge in [0, 0.05) is 31.6 Å². The molecule has 0 aliphatic carbocycles. The predicted molar refractivity (Wildman–Crippen MR) is 88.9 cm³/mol. The summed E-state index contributed by atoms with van der Waals surface area (Å²) in [5, 5.41) is 1.25. The maximum Gasteiger partial charge on any atom is 0.234 e. The molecule has 1 aliphatic heterocycles. The highest BCUT2D eigenvalue weighted by Crippen LogP contribution is 2.11. The molecule has 1 unspecified atom stereocenters. The molecule has 1 aromatic carbocycles. The zero-order valence-electron chi connectivity index (χ0n) is 12.9. The molecule has 5 nitrogen and oxygen atoms in total. The number of methoxy groups -OCH3 is 1. The van der Waals surface area contributed by atoms with Gasteiger partial charge < -0.3 is 4.74 Å². The first-order valence-corrected chi connectivity index (χ1v) is 9.10. The van der Waals surface area contributed by atoms with Crippen molar-refractivity contribution in [3.8, 4) is 0 Å². The highest BCUT2D eigenvalue weighted by atomic mass is 32.2. The normalized spacial score (nSPS) is 20.5. The van der Waals surface area contributed by atoms with Crippen LogP contribution in [-0.2, 0) is 14.8 Å². The Morgan fingerprint density at radius 2 is 2.14 bits per heavy atom. The van der Waals surface area contributed by atoms with Crippen LogP contribution in [0.15, 0.2) is 35.7 Å². The van der Waals surface area contributed by atoms with Crippen molar-refractivity contribution < 1.29 is 13.2 Å². The molecule has 1 aromatic rings. The Bertz CT molecular complexity index is 572. The number of nitrogens with one attached hydrogen (secondary N) is 1. The number of likely N-dealkylation sites (tertiary alicyclic amines) is 1. The van der Waals surface area contributed by atoms with E-state index in [4.69, 9.17) is 4.74 Å². The quantitative estimate of drug-likeness (QED) is 0.829. The Morgan fingerprint density at radius 1 is 1.36 bits per heavy atom. The lowest BCUT2D eigenvalue weighted by molar-refractivity contribution is 0.126. The number of rotatable bonds is 7. The van der Waals surface area contributed by atoms with E-state index in [0.29, 0.717) is 6.61 Å². The van der Waals surface area contributed by atoms with Crippen molar-refractivity contribution in [1.29, 1.82) is 0 Å². The molecule has 0 amide bonds. The first kappa shape index (κ1) is 17.1. The summed E-state index contributed by atoms with van der Waals surface area (Å²) in [7, 11) is -1.73. The number of ether oxygens (including phenoxy) is 1. The highest BCUT2D eigenvalue weighted by molar-refractivity contribution is 7.92. The van der Waals surface area contributed by atoms with Gasteiger partial charge in [0.1, 0.15) is 0 Å². The molecule has 1 N–H and O–H groups in total. The number of benzene rings is 1. The van der Waals surface area contributed by atoms with Crippen LogP contribution >= 0.6 is 0 Å². The predicted octanol–water partition coefficient (Wildman–Crippen LogP) is 1.69. The molecule has 0 spiro atoms. The van der Waals surface area contributed by atoms with E-state index in [9.17, 15) is 8.42 Å². The van der Waals surface area contributed by atoms with E-state index in [1.165, 1.54) is 5.41 Å². The average Bonchev–Trinajstić information content (AvgIpc) is 2.52. The summed E-state index contributed by atoms with van der Waals surface area (Å²) >= 11 is 0. The van der Waals surface area contributed by atoms with Crippen LogP contribution in [0.5, 0.6) is 0 Å². The van der Waals surface area contributed by atoms with E-state index in [1.807, 2.05) is 30.3 Å². The third-order valence-electron chi connectivity index (χ3n) is 3.69. The molecule has 1 saturated heterocycles. The van der Waals surface area contributed by atoms with Gasteiger partial charge in [-0.2, -0.15) is 0 Å². The molecule has 1 atom stereocenters. The molecular formula is C16H24N2O3S. The van der Waals surface area contributed by atoms with Gasteiger partial charge >= 0.3 is 0 Å². The summed E-state index contributed by atoms with van der Waals surface area (Å²) in [4.78, 5) is 2.24. The van der Waals surface area contributed by atoms with Crippen LogP contribution in [0.4, 0.5) is 0 Å². The van der Waals surface area contributed by atoms with Gasteiger partial charge in [0.2, 0.25) is 10.0 Å². The fourth-order valence-corrected chi connectivity index (χ4v) is 3.65. The summed E-state index contributed by atoms with van der Waals surface area (Å²) < 4.78 is 32.2. The summed E-state index contributed by atoms with van der Waals surface area (Å²) in [6.07, 6.45) is 3.50. The molecule has 1 fully saturated rings. The molecule has 6 heteroatoms. The highest BCUT2D eigenvalue weighted by Gasteiger charge is 2.22. The number of piperidine rings is 1. The Labute approximate surface area is 133 Å². The van der Waals surface area contributed by atoms with Crippen molar-refractivity contribution in [2.75, 3.05) is 33.4 Å². The molecular weight excluding hydrogens is 300 g/mol. The number of hydrogen-bond donors (Lipinski definition) is 1. The largest absolute Gasteiger partial charge is 0.383 e. The Balaban J connectivity index is 1.89. The van der Waals surface area contributed by atoms with Gasteiger partial charge in [-0.05, 0) is 31.0 Å². The van der Waals surface area contributed by atoms with Crippen LogP contribution in [0.1, 0.15) is 18.4 Å².